The molecular weight excluding hydrogens is 243 g/mol. The molecule has 0 spiro atoms. The number of aromatic nitrogens is 2. The van der Waals surface area contributed by atoms with Gasteiger partial charge in [0.1, 0.15) is 0 Å². The minimum atomic E-state index is -4.46. The van der Waals surface area contributed by atoms with Crippen molar-refractivity contribution in [2.75, 3.05) is 11.9 Å². The third kappa shape index (κ3) is 3.60. The van der Waals surface area contributed by atoms with Gasteiger partial charge in [-0.25, -0.2) is 0 Å². The zero-order chi connectivity index (χ0) is 12.3. The molecule has 16 heavy (non-hydrogen) atoms. The van der Waals surface area contributed by atoms with Crippen molar-refractivity contribution in [3.05, 3.63) is 5.01 Å². The molecule has 0 amide bonds. The molecule has 1 heterocycles. The lowest BCUT2D eigenvalue weighted by Gasteiger charge is -2.13. The molecule has 1 aromatic heterocycles. The van der Waals surface area contributed by atoms with Gasteiger partial charge in [-0.3, -0.25) is 0 Å². The molecule has 1 rings (SSSR count). The zero-order valence-electron chi connectivity index (χ0n) is 8.75. The molecule has 0 saturated carbocycles. The highest BCUT2D eigenvalue weighted by Crippen LogP contribution is 2.32. The molecular formula is C8H12F3N3OS. The van der Waals surface area contributed by atoms with Gasteiger partial charge < -0.3 is 10.4 Å². The van der Waals surface area contributed by atoms with Crippen molar-refractivity contribution in [3.8, 4) is 0 Å². The third-order valence-electron chi connectivity index (χ3n) is 1.90. The lowest BCUT2D eigenvalue weighted by atomic mass is 10.1. The van der Waals surface area contributed by atoms with Crippen LogP contribution in [0.2, 0.25) is 0 Å². The predicted octanol–water partition coefficient (Wildman–Crippen LogP) is 1.99. The van der Waals surface area contributed by atoms with Gasteiger partial charge in [-0.15, -0.1) is 10.2 Å². The molecule has 0 bridgehead atoms. The van der Waals surface area contributed by atoms with Gasteiger partial charge in [-0.2, -0.15) is 13.2 Å². The topological polar surface area (TPSA) is 58.0 Å². The number of nitrogens with zero attached hydrogens (tertiary/aromatic N) is 2. The molecule has 0 aliphatic carbocycles. The van der Waals surface area contributed by atoms with Crippen LogP contribution in [0, 0.1) is 5.92 Å². The summed E-state index contributed by atoms with van der Waals surface area (Å²) in [5.74, 6) is 0.0301. The fourth-order valence-corrected chi connectivity index (χ4v) is 1.45. The van der Waals surface area contributed by atoms with Crippen LogP contribution < -0.4 is 5.32 Å². The molecule has 4 nitrogen and oxygen atoms in total. The number of aliphatic hydroxyl groups is 1. The van der Waals surface area contributed by atoms with E-state index in [1.807, 2.05) is 13.8 Å². The van der Waals surface area contributed by atoms with Crippen LogP contribution in [0.15, 0.2) is 0 Å². The second kappa shape index (κ2) is 4.96. The Bertz CT molecular complexity index is 340. The highest BCUT2D eigenvalue weighted by atomic mass is 32.1. The minimum Gasteiger partial charge on any atom is -0.391 e. The minimum absolute atomic E-state index is 0.0301. The van der Waals surface area contributed by atoms with Crippen LogP contribution in [0.25, 0.3) is 0 Å². The third-order valence-corrected chi connectivity index (χ3v) is 2.83. The van der Waals surface area contributed by atoms with Gasteiger partial charge in [0.25, 0.3) is 0 Å². The van der Waals surface area contributed by atoms with E-state index >= 15 is 0 Å². The van der Waals surface area contributed by atoms with Gasteiger partial charge in [0.2, 0.25) is 10.1 Å². The second-order valence-electron chi connectivity index (χ2n) is 3.60. The maximum atomic E-state index is 12.2. The maximum absolute atomic E-state index is 12.2. The normalized spacial score (nSPS) is 14.2. The fourth-order valence-electron chi connectivity index (χ4n) is 0.837. The lowest BCUT2D eigenvalue weighted by molar-refractivity contribution is -0.138. The SMILES string of the molecule is CC(C)C(O)CNc1nnc(C(F)(F)F)s1. The number of rotatable bonds is 4. The van der Waals surface area contributed by atoms with Crippen LogP contribution >= 0.6 is 11.3 Å². The van der Waals surface area contributed by atoms with Crippen LogP contribution in [-0.4, -0.2) is 28.0 Å². The Labute approximate surface area is 94.5 Å². The van der Waals surface area contributed by atoms with E-state index in [1.54, 1.807) is 0 Å². The van der Waals surface area contributed by atoms with Gasteiger partial charge in [-0.05, 0) is 5.92 Å². The first-order chi connectivity index (χ1) is 7.30. The predicted molar refractivity (Wildman–Crippen MR) is 54.2 cm³/mol. The zero-order valence-corrected chi connectivity index (χ0v) is 9.56. The Balaban J connectivity index is 2.53. The Morgan fingerprint density at radius 2 is 2.00 bits per heavy atom. The summed E-state index contributed by atoms with van der Waals surface area (Å²) in [6.07, 6.45) is -5.09. The molecule has 0 saturated heterocycles. The van der Waals surface area contributed by atoms with Crippen molar-refractivity contribution < 1.29 is 18.3 Å². The van der Waals surface area contributed by atoms with E-state index in [1.165, 1.54) is 0 Å². The number of anilines is 1. The van der Waals surface area contributed by atoms with E-state index in [0.717, 1.165) is 0 Å². The van der Waals surface area contributed by atoms with Crippen molar-refractivity contribution in [2.45, 2.75) is 26.1 Å². The van der Waals surface area contributed by atoms with Crippen LogP contribution in [0.5, 0.6) is 0 Å². The quantitative estimate of drug-likeness (QED) is 0.863. The number of halogens is 3. The van der Waals surface area contributed by atoms with Crippen molar-refractivity contribution in [1.82, 2.24) is 10.2 Å². The van der Waals surface area contributed by atoms with Gasteiger partial charge >= 0.3 is 6.18 Å². The number of nitrogens with one attached hydrogen (secondary N) is 1. The van der Waals surface area contributed by atoms with Crippen LogP contribution in [0.3, 0.4) is 0 Å². The van der Waals surface area contributed by atoms with Crippen molar-refractivity contribution in [3.63, 3.8) is 0 Å². The first kappa shape index (κ1) is 13.2. The number of aliphatic hydroxyl groups excluding tert-OH is 1. The molecule has 0 aliphatic rings. The summed E-state index contributed by atoms with van der Waals surface area (Å²) in [6.45, 7) is 3.78. The summed E-state index contributed by atoms with van der Waals surface area (Å²) in [7, 11) is 0. The summed E-state index contributed by atoms with van der Waals surface area (Å²) in [5.41, 5.74) is 0. The molecule has 0 aromatic carbocycles. The first-order valence-corrected chi connectivity index (χ1v) is 5.45. The maximum Gasteiger partial charge on any atom is 0.445 e. The molecule has 0 aliphatic heterocycles. The van der Waals surface area contributed by atoms with Crippen molar-refractivity contribution in [1.29, 1.82) is 0 Å². The van der Waals surface area contributed by atoms with E-state index in [-0.39, 0.29) is 17.6 Å². The van der Waals surface area contributed by atoms with Crippen LogP contribution in [-0.2, 0) is 6.18 Å². The Morgan fingerprint density at radius 1 is 1.38 bits per heavy atom. The van der Waals surface area contributed by atoms with Crippen molar-refractivity contribution >= 4 is 16.5 Å². The Morgan fingerprint density at radius 3 is 2.44 bits per heavy atom. The highest BCUT2D eigenvalue weighted by Gasteiger charge is 2.35. The average Bonchev–Trinajstić information content (AvgIpc) is 2.61. The van der Waals surface area contributed by atoms with Gasteiger partial charge in [0.05, 0.1) is 6.10 Å². The van der Waals surface area contributed by atoms with E-state index in [2.05, 4.69) is 15.5 Å². The summed E-state index contributed by atoms with van der Waals surface area (Å²) in [5, 5.41) is 17.5. The summed E-state index contributed by atoms with van der Waals surface area (Å²) < 4.78 is 36.5. The largest absolute Gasteiger partial charge is 0.445 e. The number of hydrogen-bond acceptors (Lipinski definition) is 5. The molecule has 2 N–H and O–H groups in total. The van der Waals surface area contributed by atoms with E-state index in [0.29, 0.717) is 11.3 Å². The van der Waals surface area contributed by atoms with Gasteiger partial charge in [-0.1, -0.05) is 25.2 Å². The van der Waals surface area contributed by atoms with Crippen LogP contribution in [0.1, 0.15) is 18.9 Å². The smallest absolute Gasteiger partial charge is 0.391 e. The summed E-state index contributed by atoms with van der Waals surface area (Å²) in [6, 6.07) is 0. The van der Waals surface area contributed by atoms with E-state index in [4.69, 9.17) is 0 Å². The molecule has 0 fully saturated rings. The van der Waals surface area contributed by atoms with Gasteiger partial charge in [0, 0.05) is 6.54 Å². The standard InChI is InChI=1S/C8H12F3N3OS/c1-4(2)5(15)3-12-7-14-13-6(16-7)8(9,10)11/h4-5,15H,3H2,1-2H3,(H,12,14). The fraction of sp³-hybridized carbons (Fsp3) is 0.750. The Kier molecular flexibility index (Phi) is 4.09. The van der Waals surface area contributed by atoms with E-state index < -0.39 is 17.3 Å². The number of alkyl halides is 3. The van der Waals surface area contributed by atoms with Gasteiger partial charge in [0.15, 0.2) is 0 Å². The van der Waals surface area contributed by atoms with Crippen LogP contribution in [0.4, 0.5) is 18.3 Å². The molecule has 1 atom stereocenters. The molecule has 92 valence electrons. The molecule has 8 heteroatoms. The Hall–Kier alpha value is -0.890. The first-order valence-electron chi connectivity index (χ1n) is 4.63. The number of hydrogen-bond donors (Lipinski definition) is 2. The highest BCUT2D eigenvalue weighted by molar-refractivity contribution is 7.15. The summed E-state index contributed by atoms with van der Waals surface area (Å²) >= 11 is 0.424. The second-order valence-corrected chi connectivity index (χ2v) is 4.58. The molecule has 1 unspecified atom stereocenters. The lowest BCUT2D eigenvalue weighted by Crippen LogP contribution is -2.24. The summed E-state index contributed by atoms with van der Waals surface area (Å²) in [4.78, 5) is 0. The molecule has 0 radical (unpaired) electrons. The average molecular weight is 255 g/mol. The van der Waals surface area contributed by atoms with E-state index in [9.17, 15) is 18.3 Å². The molecule has 1 aromatic rings. The van der Waals surface area contributed by atoms with Crippen molar-refractivity contribution in [2.24, 2.45) is 5.92 Å². The monoisotopic (exact) mass is 255 g/mol.